The predicted molar refractivity (Wildman–Crippen MR) is 60.2 cm³/mol. The molecule has 2 rings (SSSR count). The quantitative estimate of drug-likeness (QED) is 0.917. The highest BCUT2D eigenvalue weighted by Crippen LogP contribution is 2.33. The molecule has 1 aromatic carbocycles. The van der Waals surface area contributed by atoms with Crippen LogP contribution in [0, 0.1) is 11.3 Å². The van der Waals surface area contributed by atoms with E-state index in [4.69, 9.17) is 10.4 Å². The van der Waals surface area contributed by atoms with Crippen molar-refractivity contribution in [2.75, 3.05) is 0 Å². The zero-order valence-corrected chi connectivity index (χ0v) is 9.72. The largest absolute Gasteiger partial charge is 0.478 e. The number of alkyl halides is 3. The van der Waals surface area contributed by atoms with Crippen molar-refractivity contribution in [2.24, 2.45) is 0 Å². The summed E-state index contributed by atoms with van der Waals surface area (Å²) in [7, 11) is 0. The topological polar surface area (TPSA) is 78.9 Å². The van der Waals surface area contributed by atoms with Gasteiger partial charge in [-0.15, -0.1) is 0 Å². The minimum atomic E-state index is -4.74. The minimum absolute atomic E-state index is 0.0174. The van der Waals surface area contributed by atoms with Crippen molar-refractivity contribution >= 4 is 5.97 Å². The average molecular weight is 281 g/mol. The molecule has 0 atom stereocenters. The molecule has 102 valence electrons. The van der Waals surface area contributed by atoms with Crippen LogP contribution in [0.15, 0.2) is 30.5 Å². The fraction of sp³-hybridized carbons (Fsp3) is 0.0833. The standard InChI is InChI=1S/C12H6F3N3O2/c13-12(14,15)10-8(5-16)6-17-18(10)9-3-1-7(2-4-9)11(19)20/h1-4,6H,(H,19,20). The van der Waals surface area contributed by atoms with Gasteiger partial charge in [-0.1, -0.05) is 0 Å². The molecule has 1 N–H and O–H groups in total. The Morgan fingerprint density at radius 1 is 1.30 bits per heavy atom. The van der Waals surface area contributed by atoms with E-state index in [1.54, 1.807) is 0 Å². The number of hydrogen-bond acceptors (Lipinski definition) is 3. The van der Waals surface area contributed by atoms with Crippen LogP contribution < -0.4 is 0 Å². The van der Waals surface area contributed by atoms with Gasteiger partial charge in [0.15, 0.2) is 5.69 Å². The maximum atomic E-state index is 12.9. The Labute approximate surface area is 110 Å². The normalized spacial score (nSPS) is 11.1. The minimum Gasteiger partial charge on any atom is -0.478 e. The summed E-state index contributed by atoms with van der Waals surface area (Å²) in [6, 6.07) is 6.12. The van der Waals surface area contributed by atoms with E-state index < -0.39 is 23.4 Å². The molecule has 0 aliphatic carbocycles. The molecular weight excluding hydrogens is 275 g/mol. The lowest BCUT2D eigenvalue weighted by Gasteiger charge is -2.10. The van der Waals surface area contributed by atoms with Crippen molar-refractivity contribution in [3.63, 3.8) is 0 Å². The lowest BCUT2D eigenvalue weighted by Crippen LogP contribution is -2.15. The van der Waals surface area contributed by atoms with Crippen LogP contribution in [-0.2, 0) is 6.18 Å². The molecule has 1 aromatic heterocycles. The fourth-order valence-corrected chi connectivity index (χ4v) is 1.64. The second-order valence-corrected chi connectivity index (χ2v) is 3.78. The molecule has 0 bridgehead atoms. The van der Waals surface area contributed by atoms with Crippen LogP contribution in [0.2, 0.25) is 0 Å². The lowest BCUT2D eigenvalue weighted by molar-refractivity contribution is -0.143. The summed E-state index contributed by atoms with van der Waals surface area (Å²) in [4.78, 5) is 10.7. The lowest BCUT2D eigenvalue weighted by atomic mass is 10.2. The third-order valence-electron chi connectivity index (χ3n) is 2.52. The highest BCUT2D eigenvalue weighted by Gasteiger charge is 2.38. The van der Waals surface area contributed by atoms with Gasteiger partial charge in [0.2, 0.25) is 0 Å². The van der Waals surface area contributed by atoms with E-state index >= 15 is 0 Å². The monoisotopic (exact) mass is 281 g/mol. The van der Waals surface area contributed by atoms with E-state index in [0.717, 1.165) is 18.3 Å². The Kier molecular flexibility index (Phi) is 3.19. The number of aromatic carboxylic acids is 1. The zero-order chi connectivity index (χ0) is 14.9. The Bertz CT molecular complexity index is 696. The number of nitriles is 1. The Hall–Kier alpha value is -2.82. The number of halogens is 3. The van der Waals surface area contributed by atoms with E-state index in [1.807, 2.05) is 0 Å². The summed E-state index contributed by atoms with van der Waals surface area (Å²) < 4.78 is 39.3. The number of aromatic nitrogens is 2. The number of rotatable bonds is 2. The van der Waals surface area contributed by atoms with Gasteiger partial charge in [0.25, 0.3) is 0 Å². The smallest absolute Gasteiger partial charge is 0.434 e. The fourth-order valence-electron chi connectivity index (χ4n) is 1.64. The first-order valence-corrected chi connectivity index (χ1v) is 5.23. The zero-order valence-electron chi connectivity index (χ0n) is 9.72. The second-order valence-electron chi connectivity index (χ2n) is 3.78. The van der Waals surface area contributed by atoms with Gasteiger partial charge in [0, 0.05) is 0 Å². The molecule has 0 saturated carbocycles. The van der Waals surface area contributed by atoms with Crippen LogP contribution in [-0.4, -0.2) is 20.9 Å². The molecular formula is C12H6F3N3O2. The number of carboxylic acid groups (broad SMARTS) is 1. The summed E-state index contributed by atoms with van der Waals surface area (Å²) in [5.41, 5.74) is -1.83. The van der Waals surface area contributed by atoms with E-state index in [9.17, 15) is 18.0 Å². The first kappa shape index (κ1) is 13.6. The van der Waals surface area contributed by atoms with E-state index in [2.05, 4.69) is 5.10 Å². The van der Waals surface area contributed by atoms with Crippen LogP contribution in [0.1, 0.15) is 21.6 Å². The number of benzene rings is 1. The molecule has 0 unspecified atom stereocenters. The molecule has 8 heteroatoms. The van der Waals surface area contributed by atoms with Gasteiger partial charge in [0.1, 0.15) is 11.6 Å². The molecule has 0 spiro atoms. The van der Waals surface area contributed by atoms with Gasteiger partial charge in [-0.2, -0.15) is 23.5 Å². The highest BCUT2D eigenvalue weighted by molar-refractivity contribution is 5.87. The van der Waals surface area contributed by atoms with Crippen molar-refractivity contribution < 1.29 is 23.1 Å². The molecule has 2 aromatic rings. The molecule has 0 saturated heterocycles. The van der Waals surface area contributed by atoms with Gasteiger partial charge in [-0.3, -0.25) is 0 Å². The highest BCUT2D eigenvalue weighted by atomic mass is 19.4. The maximum absolute atomic E-state index is 12.9. The number of carboxylic acids is 1. The van der Waals surface area contributed by atoms with Gasteiger partial charge >= 0.3 is 12.1 Å². The average Bonchev–Trinajstić information content (AvgIpc) is 2.82. The molecule has 0 amide bonds. The first-order valence-electron chi connectivity index (χ1n) is 5.23. The van der Waals surface area contributed by atoms with E-state index in [1.165, 1.54) is 18.2 Å². The van der Waals surface area contributed by atoms with E-state index in [-0.39, 0.29) is 11.3 Å². The van der Waals surface area contributed by atoms with E-state index in [0.29, 0.717) is 4.68 Å². The van der Waals surface area contributed by atoms with Crippen LogP contribution in [0.4, 0.5) is 13.2 Å². The summed E-state index contributed by atoms with van der Waals surface area (Å²) >= 11 is 0. The van der Waals surface area contributed by atoms with Crippen molar-refractivity contribution in [3.8, 4) is 11.8 Å². The predicted octanol–water partition coefficient (Wildman–Crippen LogP) is 2.46. The van der Waals surface area contributed by atoms with Crippen LogP contribution in [0.25, 0.3) is 5.69 Å². The van der Waals surface area contributed by atoms with Crippen LogP contribution >= 0.6 is 0 Å². The number of carbonyl (C=O) groups is 1. The summed E-state index contributed by atoms with van der Waals surface area (Å²) in [5.74, 6) is -1.19. The molecule has 20 heavy (non-hydrogen) atoms. The number of hydrogen-bond donors (Lipinski definition) is 1. The Morgan fingerprint density at radius 2 is 1.90 bits per heavy atom. The molecule has 0 aliphatic rings. The second kappa shape index (κ2) is 4.70. The molecule has 0 fully saturated rings. The number of nitrogens with zero attached hydrogens (tertiary/aromatic N) is 3. The molecule has 0 radical (unpaired) electrons. The summed E-state index contributed by atoms with van der Waals surface area (Å²) in [6.07, 6.45) is -3.93. The third-order valence-corrected chi connectivity index (χ3v) is 2.52. The molecule has 1 heterocycles. The van der Waals surface area contributed by atoms with Crippen molar-refractivity contribution in [1.29, 1.82) is 5.26 Å². The Morgan fingerprint density at radius 3 is 2.35 bits per heavy atom. The SMILES string of the molecule is N#Cc1cnn(-c2ccc(C(=O)O)cc2)c1C(F)(F)F. The van der Waals surface area contributed by atoms with Crippen molar-refractivity contribution in [1.82, 2.24) is 9.78 Å². The summed E-state index contributed by atoms with van der Waals surface area (Å²) in [5, 5.41) is 20.9. The third kappa shape index (κ3) is 2.33. The van der Waals surface area contributed by atoms with Crippen LogP contribution in [0.3, 0.4) is 0 Å². The molecule has 0 aliphatic heterocycles. The molecule has 5 nitrogen and oxygen atoms in total. The van der Waals surface area contributed by atoms with Gasteiger partial charge in [-0.25, -0.2) is 9.48 Å². The van der Waals surface area contributed by atoms with Crippen molar-refractivity contribution in [3.05, 3.63) is 47.3 Å². The first-order chi connectivity index (χ1) is 9.34. The van der Waals surface area contributed by atoms with Gasteiger partial charge in [-0.05, 0) is 24.3 Å². The van der Waals surface area contributed by atoms with Crippen molar-refractivity contribution in [2.45, 2.75) is 6.18 Å². The van der Waals surface area contributed by atoms with Crippen LogP contribution in [0.5, 0.6) is 0 Å². The van der Waals surface area contributed by atoms with Gasteiger partial charge in [0.05, 0.1) is 17.4 Å². The summed E-state index contributed by atoms with van der Waals surface area (Å²) in [6.45, 7) is 0. The van der Waals surface area contributed by atoms with Gasteiger partial charge < -0.3 is 5.11 Å². The maximum Gasteiger partial charge on any atom is 0.434 e. The Balaban J connectivity index is 2.56.